The molecule has 2 aliphatic rings. The second-order valence-electron chi connectivity index (χ2n) is 6.96. The summed E-state index contributed by atoms with van der Waals surface area (Å²) in [6, 6.07) is 0. The molecule has 120 valence electrons. The van der Waals surface area contributed by atoms with Crippen molar-refractivity contribution in [3.8, 4) is 0 Å². The number of nitrogens with one attached hydrogen (secondary N) is 1. The minimum Gasteiger partial charge on any atom is -0.342 e. The molecule has 2 fully saturated rings. The van der Waals surface area contributed by atoms with Crippen LogP contribution in [0.25, 0.3) is 0 Å². The second-order valence-corrected chi connectivity index (χ2v) is 6.96. The minimum absolute atomic E-state index is 0.0202. The molecule has 1 N–H and O–H groups in total. The molecule has 0 bridgehead atoms. The zero-order chi connectivity index (χ0) is 15.5. The van der Waals surface area contributed by atoms with Crippen LogP contribution in [0.1, 0.15) is 65.7 Å². The van der Waals surface area contributed by atoms with Gasteiger partial charge < -0.3 is 10.2 Å². The van der Waals surface area contributed by atoms with E-state index in [9.17, 15) is 9.59 Å². The molecule has 1 aliphatic carbocycles. The molecule has 0 aromatic rings. The molecular formula is C17H30N2O2. The number of nitrogens with zero attached hydrogens (tertiary/aromatic N) is 1. The summed E-state index contributed by atoms with van der Waals surface area (Å²) in [6.45, 7) is 7.72. The predicted molar refractivity (Wildman–Crippen MR) is 83.8 cm³/mol. The summed E-state index contributed by atoms with van der Waals surface area (Å²) in [5.74, 6) is 1.60. The molecule has 4 nitrogen and oxygen atoms in total. The lowest BCUT2D eigenvalue weighted by Crippen LogP contribution is -2.57. The van der Waals surface area contributed by atoms with E-state index in [4.69, 9.17) is 0 Å². The van der Waals surface area contributed by atoms with E-state index in [-0.39, 0.29) is 11.8 Å². The monoisotopic (exact) mass is 294 g/mol. The van der Waals surface area contributed by atoms with Crippen molar-refractivity contribution >= 4 is 11.8 Å². The molecule has 1 saturated heterocycles. The Bertz CT molecular complexity index is 382. The zero-order valence-corrected chi connectivity index (χ0v) is 13.8. The largest absolute Gasteiger partial charge is 0.342 e. The highest BCUT2D eigenvalue weighted by molar-refractivity contribution is 5.93. The first-order chi connectivity index (χ1) is 10.0. The minimum atomic E-state index is -0.671. The average Bonchev–Trinajstić information content (AvgIpc) is 2.61. The third kappa shape index (κ3) is 3.58. The molecule has 0 spiro atoms. The van der Waals surface area contributed by atoms with Crippen LogP contribution in [0.3, 0.4) is 0 Å². The van der Waals surface area contributed by atoms with E-state index < -0.39 is 5.54 Å². The lowest BCUT2D eigenvalue weighted by molar-refractivity contribution is -0.140. The van der Waals surface area contributed by atoms with Gasteiger partial charge in [0, 0.05) is 19.5 Å². The standard InChI is InChI=1S/C17H30N2O2/c1-4-17(5-2)16(21)19(11-10-15(20)18-17)12-14-8-6-13(3)7-9-14/h13-14H,4-12H2,1-3H3,(H,18,20). The molecule has 1 saturated carbocycles. The fourth-order valence-corrected chi connectivity index (χ4v) is 3.75. The van der Waals surface area contributed by atoms with E-state index in [1.165, 1.54) is 25.7 Å². The average molecular weight is 294 g/mol. The summed E-state index contributed by atoms with van der Waals surface area (Å²) in [4.78, 5) is 26.8. The van der Waals surface area contributed by atoms with E-state index in [0.717, 1.165) is 12.5 Å². The Hall–Kier alpha value is -1.06. The SMILES string of the molecule is CCC1(CC)NC(=O)CCN(CC2CCC(C)CC2)C1=O. The first kappa shape index (κ1) is 16.3. The lowest BCUT2D eigenvalue weighted by Gasteiger charge is -2.36. The van der Waals surface area contributed by atoms with Crippen LogP contribution in [0.15, 0.2) is 0 Å². The van der Waals surface area contributed by atoms with Gasteiger partial charge >= 0.3 is 0 Å². The summed E-state index contributed by atoms with van der Waals surface area (Å²) < 4.78 is 0. The summed E-state index contributed by atoms with van der Waals surface area (Å²) in [6.07, 6.45) is 6.78. The third-order valence-electron chi connectivity index (χ3n) is 5.51. The Labute approximate surface area is 128 Å². The van der Waals surface area contributed by atoms with E-state index in [2.05, 4.69) is 12.2 Å². The summed E-state index contributed by atoms with van der Waals surface area (Å²) in [5, 5.41) is 2.99. The van der Waals surface area contributed by atoms with Gasteiger partial charge in [-0.1, -0.05) is 33.6 Å². The van der Waals surface area contributed by atoms with E-state index in [1.807, 2.05) is 18.7 Å². The van der Waals surface area contributed by atoms with Gasteiger partial charge in [-0.15, -0.1) is 0 Å². The Kier molecular flexibility index (Phi) is 5.28. The van der Waals surface area contributed by atoms with Crippen LogP contribution >= 0.6 is 0 Å². The third-order valence-corrected chi connectivity index (χ3v) is 5.51. The van der Waals surface area contributed by atoms with Crippen LogP contribution in [0.4, 0.5) is 0 Å². The van der Waals surface area contributed by atoms with Crippen molar-refractivity contribution in [3.05, 3.63) is 0 Å². The van der Waals surface area contributed by atoms with Gasteiger partial charge in [-0.2, -0.15) is 0 Å². The molecule has 2 rings (SSSR count). The maximum Gasteiger partial charge on any atom is 0.248 e. The molecule has 0 atom stereocenters. The van der Waals surface area contributed by atoms with Crippen molar-refractivity contribution in [2.45, 2.75) is 71.3 Å². The Morgan fingerprint density at radius 1 is 1.14 bits per heavy atom. The van der Waals surface area contributed by atoms with Crippen LogP contribution < -0.4 is 5.32 Å². The van der Waals surface area contributed by atoms with Crippen LogP contribution in [0.5, 0.6) is 0 Å². The molecule has 4 heteroatoms. The maximum atomic E-state index is 12.9. The predicted octanol–water partition coefficient (Wildman–Crippen LogP) is 2.72. The van der Waals surface area contributed by atoms with Crippen LogP contribution in [-0.4, -0.2) is 35.3 Å². The van der Waals surface area contributed by atoms with Gasteiger partial charge in [-0.25, -0.2) is 0 Å². The van der Waals surface area contributed by atoms with E-state index in [1.54, 1.807) is 0 Å². The molecule has 2 amide bonds. The van der Waals surface area contributed by atoms with Crippen LogP contribution in [-0.2, 0) is 9.59 Å². The topological polar surface area (TPSA) is 49.4 Å². The van der Waals surface area contributed by atoms with Gasteiger partial charge in [0.15, 0.2) is 0 Å². The molecule has 0 aromatic carbocycles. The normalized spacial score (nSPS) is 30.0. The van der Waals surface area contributed by atoms with Gasteiger partial charge in [0.05, 0.1) is 0 Å². The fraction of sp³-hybridized carbons (Fsp3) is 0.882. The quantitative estimate of drug-likeness (QED) is 0.866. The van der Waals surface area contributed by atoms with Crippen molar-refractivity contribution in [1.82, 2.24) is 10.2 Å². The van der Waals surface area contributed by atoms with Crippen LogP contribution in [0, 0.1) is 11.8 Å². The number of rotatable bonds is 4. The number of carbonyl (C=O) groups excluding carboxylic acids is 2. The van der Waals surface area contributed by atoms with Gasteiger partial charge in [0.1, 0.15) is 5.54 Å². The van der Waals surface area contributed by atoms with Gasteiger partial charge in [0.2, 0.25) is 11.8 Å². The molecule has 1 heterocycles. The summed E-state index contributed by atoms with van der Waals surface area (Å²) >= 11 is 0. The molecule has 21 heavy (non-hydrogen) atoms. The molecule has 0 aromatic heterocycles. The van der Waals surface area contributed by atoms with E-state index >= 15 is 0 Å². The Morgan fingerprint density at radius 2 is 1.76 bits per heavy atom. The van der Waals surface area contributed by atoms with Crippen molar-refractivity contribution < 1.29 is 9.59 Å². The molecular weight excluding hydrogens is 264 g/mol. The number of carbonyl (C=O) groups is 2. The molecule has 1 aliphatic heterocycles. The zero-order valence-electron chi connectivity index (χ0n) is 13.8. The fourth-order valence-electron chi connectivity index (χ4n) is 3.75. The van der Waals surface area contributed by atoms with Crippen molar-refractivity contribution in [3.63, 3.8) is 0 Å². The van der Waals surface area contributed by atoms with Crippen molar-refractivity contribution in [2.75, 3.05) is 13.1 Å². The Morgan fingerprint density at radius 3 is 2.33 bits per heavy atom. The molecule has 0 unspecified atom stereocenters. The lowest BCUT2D eigenvalue weighted by atomic mass is 9.82. The van der Waals surface area contributed by atoms with Crippen molar-refractivity contribution in [1.29, 1.82) is 0 Å². The second kappa shape index (κ2) is 6.80. The summed E-state index contributed by atoms with van der Waals surface area (Å²) in [7, 11) is 0. The first-order valence-corrected chi connectivity index (χ1v) is 8.61. The maximum absolute atomic E-state index is 12.9. The first-order valence-electron chi connectivity index (χ1n) is 8.61. The number of amides is 2. The number of hydrogen-bond acceptors (Lipinski definition) is 2. The van der Waals surface area contributed by atoms with Gasteiger partial charge in [-0.05, 0) is 37.5 Å². The highest BCUT2D eigenvalue weighted by Crippen LogP contribution is 2.30. The highest BCUT2D eigenvalue weighted by atomic mass is 16.2. The summed E-state index contributed by atoms with van der Waals surface area (Å²) in [5.41, 5.74) is -0.671. The number of hydrogen-bond donors (Lipinski definition) is 1. The van der Waals surface area contributed by atoms with E-state index in [0.29, 0.717) is 31.7 Å². The van der Waals surface area contributed by atoms with Gasteiger partial charge in [-0.3, -0.25) is 9.59 Å². The smallest absolute Gasteiger partial charge is 0.248 e. The molecule has 0 radical (unpaired) electrons. The van der Waals surface area contributed by atoms with Gasteiger partial charge in [0.25, 0.3) is 0 Å². The Balaban J connectivity index is 2.07. The highest BCUT2D eigenvalue weighted by Gasteiger charge is 2.42. The van der Waals surface area contributed by atoms with Crippen molar-refractivity contribution in [2.24, 2.45) is 11.8 Å². The van der Waals surface area contributed by atoms with Crippen LogP contribution in [0.2, 0.25) is 0 Å².